The van der Waals surface area contributed by atoms with E-state index in [-0.39, 0.29) is 25.5 Å². The van der Waals surface area contributed by atoms with Crippen molar-refractivity contribution in [3.05, 3.63) is 35.2 Å². The number of nitrogens with one attached hydrogen (secondary N) is 1. The van der Waals surface area contributed by atoms with E-state index in [1.807, 2.05) is 0 Å². The molecule has 0 spiro atoms. The second-order valence-electron chi connectivity index (χ2n) is 6.35. The molecule has 0 fully saturated rings. The molecular formula is C17H20ClN3O5. The maximum absolute atomic E-state index is 11.7. The number of halogens is 1. The van der Waals surface area contributed by atoms with Crippen LogP contribution in [0.5, 0.6) is 0 Å². The minimum absolute atomic E-state index is 0.00256. The molecule has 2 aromatic rings. The first-order chi connectivity index (χ1) is 12.2. The van der Waals surface area contributed by atoms with Gasteiger partial charge >= 0.3 is 12.1 Å². The van der Waals surface area contributed by atoms with Gasteiger partial charge in [-0.2, -0.15) is 0 Å². The van der Waals surface area contributed by atoms with Crippen LogP contribution in [-0.4, -0.2) is 34.4 Å². The van der Waals surface area contributed by atoms with E-state index in [9.17, 15) is 9.59 Å². The molecule has 0 saturated heterocycles. The number of carbonyl (C=O) groups excluding carboxylic acids is 2. The molecule has 0 bridgehead atoms. The number of ether oxygens (including phenoxy) is 2. The van der Waals surface area contributed by atoms with Crippen molar-refractivity contribution >= 4 is 23.7 Å². The Kier molecular flexibility index (Phi) is 6.57. The molecule has 0 aliphatic heterocycles. The van der Waals surface area contributed by atoms with Gasteiger partial charge in [0.05, 0.1) is 6.42 Å². The van der Waals surface area contributed by atoms with Gasteiger partial charge in [-0.15, -0.1) is 10.2 Å². The Hall–Kier alpha value is -2.61. The quantitative estimate of drug-likeness (QED) is 0.765. The predicted octanol–water partition coefficient (Wildman–Crippen LogP) is 3.35. The minimum Gasteiger partial charge on any atom is -0.456 e. The lowest BCUT2D eigenvalue weighted by molar-refractivity contribution is -0.145. The highest BCUT2D eigenvalue weighted by atomic mass is 35.5. The third kappa shape index (κ3) is 6.72. The molecular weight excluding hydrogens is 362 g/mol. The summed E-state index contributed by atoms with van der Waals surface area (Å²) in [6, 6.07) is 6.90. The second-order valence-corrected chi connectivity index (χ2v) is 6.78. The predicted molar refractivity (Wildman–Crippen MR) is 93.4 cm³/mol. The Morgan fingerprint density at radius 1 is 1.19 bits per heavy atom. The summed E-state index contributed by atoms with van der Waals surface area (Å²) in [4.78, 5) is 23.1. The van der Waals surface area contributed by atoms with E-state index in [1.54, 1.807) is 45.0 Å². The van der Waals surface area contributed by atoms with Crippen molar-refractivity contribution in [1.29, 1.82) is 0 Å². The lowest BCUT2D eigenvalue weighted by atomic mass is 10.2. The van der Waals surface area contributed by atoms with E-state index in [0.717, 1.165) is 0 Å². The van der Waals surface area contributed by atoms with Crippen LogP contribution in [0.2, 0.25) is 5.02 Å². The summed E-state index contributed by atoms with van der Waals surface area (Å²) in [5.41, 5.74) is 0.116. The molecule has 140 valence electrons. The van der Waals surface area contributed by atoms with E-state index in [4.69, 9.17) is 25.5 Å². The monoisotopic (exact) mass is 381 g/mol. The highest BCUT2D eigenvalue weighted by Gasteiger charge is 2.16. The third-order valence-electron chi connectivity index (χ3n) is 2.91. The van der Waals surface area contributed by atoms with E-state index >= 15 is 0 Å². The van der Waals surface area contributed by atoms with Gasteiger partial charge < -0.3 is 19.2 Å². The van der Waals surface area contributed by atoms with Crippen molar-refractivity contribution in [1.82, 2.24) is 15.5 Å². The lowest BCUT2D eigenvalue weighted by Gasteiger charge is -2.19. The van der Waals surface area contributed by atoms with Gasteiger partial charge in [0.15, 0.2) is 6.61 Å². The summed E-state index contributed by atoms with van der Waals surface area (Å²) in [6.45, 7) is 5.22. The molecule has 1 N–H and O–H groups in total. The number of hydrogen-bond acceptors (Lipinski definition) is 7. The Morgan fingerprint density at radius 3 is 2.54 bits per heavy atom. The summed E-state index contributed by atoms with van der Waals surface area (Å²) in [5.74, 6) is -0.0324. The first kappa shape index (κ1) is 19.7. The van der Waals surface area contributed by atoms with E-state index in [2.05, 4.69) is 15.5 Å². The highest BCUT2D eigenvalue weighted by molar-refractivity contribution is 6.30. The molecule has 9 heteroatoms. The molecule has 1 aromatic carbocycles. The van der Waals surface area contributed by atoms with Gasteiger partial charge in [-0.3, -0.25) is 4.79 Å². The Morgan fingerprint density at radius 2 is 1.88 bits per heavy atom. The van der Waals surface area contributed by atoms with E-state index in [0.29, 0.717) is 16.5 Å². The smallest absolute Gasteiger partial charge is 0.407 e. The van der Waals surface area contributed by atoms with Gasteiger partial charge in [0.25, 0.3) is 5.89 Å². The molecule has 0 atom stereocenters. The summed E-state index contributed by atoms with van der Waals surface area (Å²) in [7, 11) is 0. The maximum atomic E-state index is 11.7. The van der Waals surface area contributed by atoms with Crippen molar-refractivity contribution in [2.75, 3.05) is 6.54 Å². The molecule has 0 saturated carbocycles. The van der Waals surface area contributed by atoms with Gasteiger partial charge in [0.1, 0.15) is 5.60 Å². The SMILES string of the molecule is CC(C)(C)OC(=O)NCCC(=O)OCc1nnc(-c2ccc(Cl)cc2)o1. The van der Waals surface area contributed by atoms with E-state index in [1.165, 1.54) is 0 Å². The first-order valence-corrected chi connectivity index (χ1v) is 8.31. The van der Waals surface area contributed by atoms with Crippen LogP contribution in [0.15, 0.2) is 28.7 Å². The Bertz CT molecular complexity index is 753. The number of amides is 1. The minimum atomic E-state index is -0.593. The molecule has 0 aliphatic carbocycles. The Balaban J connectivity index is 1.73. The molecule has 2 rings (SSSR count). The van der Waals surface area contributed by atoms with Crippen molar-refractivity contribution in [2.45, 2.75) is 39.4 Å². The van der Waals surface area contributed by atoms with E-state index < -0.39 is 17.7 Å². The van der Waals surface area contributed by atoms with Crippen LogP contribution in [0.3, 0.4) is 0 Å². The average molecular weight is 382 g/mol. The van der Waals surface area contributed by atoms with Crippen LogP contribution < -0.4 is 5.32 Å². The van der Waals surface area contributed by atoms with Gasteiger partial charge in [0.2, 0.25) is 5.89 Å². The van der Waals surface area contributed by atoms with Crippen LogP contribution in [0.4, 0.5) is 4.79 Å². The van der Waals surface area contributed by atoms with Crippen LogP contribution in [-0.2, 0) is 20.9 Å². The molecule has 0 radical (unpaired) electrons. The average Bonchev–Trinajstić information content (AvgIpc) is 3.01. The van der Waals surface area contributed by atoms with Crippen LogP contribution in [0.1, 0.15) is 33.1 Å². The van der Waals surface area contributed by atoms with Gasteiger partial charge in [0, 0.05) is 17.1 Å². The number of nitrogens with zero attached hydrogens (tertiary/aromatic N) is 2. The fraction of sp³-hybridized carbons (Fsp3) is 0.412. The van der Waals surface area contributed by atoms with Crippen LogP contribution in [0, 0.1) is 0 Å². The zero-order valence-corrected chi connectivity index (χ0v) is 15.5. The molecule has 1 aromatic heterocycles. The molecule has 26 heavy (non-hydrogen) atoms. The number of esters is 1. The number of benzene rings is 1. The molecule has 0 unspecified atom stereocenters. The Labute approximate surface area is 155 Å². The largest absolute Gasteiger partial charge is 0.456 e. The number of carbonyl (C=O) groups is 2. The fourth-order valence-corrected chi connectivity index (χ4v) is 1.94. The van der Waals surface area contributed by atoms with Crippen molar-refractivity contribution in [3.63, 3.8) is 0 Å². The van der Waals surface area contributed by atoms with Crippen LogP contribution in [0.25, 0.3) is 11.5 Å². The third-order valence-corrected chi connectivity index (χ3v) is 3.16. The molecule has 0 aliphatic rings. The normalized spacial score (nSPS) is 11.1. The zero-order chi connectivity index (χ0) is 19.2. The van der Waals surface area contributed by atoms with Crippen LogP contribution >= 0.6 is 11.6 Å². The molecule has 1 amide bonds. The van der Waals surface area contributed by atoms with Gasteiger partial charge in [-0.25, -0.2) is 4.79 Å². The summed E-state index contributed by atoms with van der Waals surface area (Å²) >= 11 is 5.82. The van der Waals surface area contributed by atoms with Gasteiger partial charge in [-0.1, -0.05) is 11.6 Å². The lowest BCUT2D eigenvalue weighted by Crippen LogP contribution is -2.33. The summed E-state index contributed by atoms with van der Waals surface area (Å²) in [6.07, 6.45) is -0.591. The van der Waals surface area contributed by atoms with Crippen molar-refractivity contribution in [2.24, 2.45) is 0 Å². The zero-order valence-electron chi connectivity index (χ0n) is 14.7. The summed E-state index contributed by atoms with van der Waals surface area (Å²) in [5, 5.41) is 10.8. The number of hydrogen-bond donors (Lipinski definition) is 1. The number of alkyl carbamates (subject to hydrolysis) is 1. The first-order valence-electron chi connectivity index (χ1n) is 7.94. The maximum Gasteiger partial charge on any atom is 0.407 e. The summed E-state index contributed by atoms with van der Waals surface area (Å²) < 4.78 is 15.5. The highest BCUT2D eigenvalue weighted by Crippen LogP contribution is 2.20. The number of aromatic nitrogens is 2. The molecule has 8 nitrogen and oxygen atoms in total. The topological polar surface area (TPSA) is 104 Å². The van der Waals surface area contributed by atoms with Gasteiger partial charge in [-0.05, 0) is 45.0 Å². The standard InChI is InChI=1S/C17H20ClN3O5/c1-17(2,3)26-16(23)19-9-8-14(22)24-10-13-20-21-15(25-13)11-4-6-12(18)7-5-11/h4-7H,8-10H2,1-3H3,(H,19,23). The van der Waals surface area contributed by atoms with Crippen molar-refractivity contribution in [3.8, 4) is 11.5 Å². The molecule has 1 heterocycles. The number of rotatable bonds is 6. The van der Waals surface area contributed by atoms with Crippen molar-refractivity contribution < 1.29 is 23.5 Å². The second kappa shape index (κ2) is 8.66. The fourth-order valence-electron chi connectivity index (χ4n) is 1.82.